The Labute approximate surface area is 147 Å². The van der Waals surface area contributed by atoms with Crippen LogP contribution in [0.25, 0.3) is 11.1 Å². The lowest BCUT2D eigenvalue weighted by Gasteiger charge is -2.04. The van der Waals surface area contributed by atoms with E-state index in [1.165, 1.54) is 23.3 Å². The van der Waals surface area contributed by atoms with Gasteiger partial charge in [-0.2, -0.15) is 13.2 Å². The highest BCUT2D eigenvalue weighted by Crippen LogP contribution is 2.29. The lowest BCUT2D eigenvalue weighted by molar-refractivity contribution is -0.137. The summed E-state index contributed by atoms with van der Waals surface area (Å²) >= 11 is 1.96. The van der Waals surface area contributed by atoms with Crippen molar-refractivity contribution in [2.24, 2.45) is 0 Å². The van der Waals surface area contributed by atoms with Crippen molar-refractivity contribution in [1.82, 2.24) is 0 Å². The minimum atomic E-state index is -4.22. The lowest BCUT2D eigenvalue weighted by atomic mass is 10.1. The molecule has 118 valence electrons. The maximum Gasteiger partial charge on any atom is 0.416 e. The van der Waals surface area contributed by atoms with E-state index in [4.69, 9.17) is 0 Å². The van der Waals surface area contributed by atoms with E-state index < -0.39 is 11.7 Å². The zero-order chi connectivity index (χ0) is 16.7. The van der Waals surface area contributed by atoms with E-state index in [-0.39, 0.29) is 0 Å². The number of hydrogen-bond donors (Lipinski definition) is 0. The lowest BCUT2D eigenvalue weighted by Crippen LogP contribution is -2.03. The van der Waals surface area contributed by atoms with Gasteiger partial charge in [0.15, 0.2) is 0 Å². The first-order valence-corrected chi connectivity index (χ1v) is 7.98. The van der Waals surface area contributed by atoms with Crippen LogP contribution in [0.5, 0.6) is 0 Å². The third-order valence-electron chi connectivity index (χ3n) is 3.05. The quantitative estimate of drug-likeness (QED) is 0.382. The molecule has 0 heterocycles. The topological polar surface area (TPSA) is 0 Å². The average Bonchev–Trinajstić information content (AvgIpc) is 2.57. The van der Waals surface area contributed by atoms with E-state index in [0.29, 0.717) is 0 Å². The number of alkyl halides is 3. The summed E-state index contributed by atoms with van der Waals surface area (Å²) in [5, 5.41) is 0. The molecule has 0 aliphatic carbocycles. The van der Waals surface area contributed by atoms with Crippen molar-refractivity contribution in [3.63, 3.8) is 0 Å². The molecule has 0 N–H and O–H groups in total. The molecule has 0 radical (unpaired) electrons. The fourth-order valence-electron chi connectivity index (χ4n) is 1.90. The van der Waals surface area contributed by atoms with Crippen molar-refractivity contribution in [3.05, 3.63) is 94.1 Å². The monoisotopic (exact) mass is 426 g/mol. The maximum atomic E-state index is 11.9. The summed E-state index contributed by atoms with van der Waals surface area (Å²) in [7, 11) is 0. The molecular weight excluding hydrogens is 412 g/mol. The molecule has 0 bridgehead atoms. The van der Waals surface area contributed by atoms with E-state index in [0.717, 1.165) is 15.7 Å². The third kappa shape index (κ3) is 5.71. The van der Waals surface area contributed by atoms with Gasteiger partial charge in [0.1, 0.15) is 0 Å². The molecule has 0 aliphatic rings. The van der Waals surface area contributed by atoms with Crippen LogP contribution >= 0.6 is 22.6 Å². The van der Waals surface area contributed by atoms with Crippen molar-refractivity contribution in [3.8, 4) is 11.1 Å². The number of halogens is 4. The summed E-state index contributed by atoms with van der Waals surface area (Å²) in [5.74, 6) is 0. The van der Waals surface area contributed by atoms with Gasteiger partial charge in [-0.05, 0) is 58.0 Å². The molecule has 0 saturated carbocycles. The normalized spacial score (nSPS) is 10.6. The molecule has 0 nitrogen and oxygen atoms in total. The largest absolute Gasteiger partial charge is 0.416 e. The zero-order valence-corrected chi connectivity index (χ0v) is 14.3. The van der Waals surface area contributed by atoms with Crippen molar-refractivity contribution in [2.75, 3.05) is 0 Å². The molecule has 0 saturated heterocycles. The van der Waals surface area contributed by atoms with E-state index in [1.807, 2.05) is 34.7 Å². The number of hydrogen-bond acceptors (Lipinski definition) is 0. The highest BCUT2D eigenvalue weighted by Gasteiger charge is 2.29. The smallest absolute Gasteiger partial charge is 0.166 e. The van der Waals surface area contributed by atoms with Gasteiger partial charge in [0.25, 0.3) is 0 Å². The molecule has 0 amide bonds. The molecule has 0 atom stereocenters. The summed E-state index contributed by atoms with van der Waals surface area (Å²) < 4.78 is 36.6. The second kappa shape index (κ2) is 8.15. The van der Waals surface area contributed by atoms with Crippen LogP contribution in [0, 0.1) is 3.57 Å². The van der Waals surface area contributed by atoms with Gasteiger partial charge in [-0.25, -0.2) is 0 Å². The van der Waals surface area contributed by atoms with E-state index in [9.17, 15) is 13.2 Å². The molecule has 4 heteroatoms. The first-order valence-electron chi connectivity index (χ1n) is 6.90. The predicted octanol–water partition coefficient (Wildman–Crippen LogP) is 6.66. The standard InChI is InChI=1S/C12H10.C7H4F3I/c1-3-7-11(8-4-1)12-9-5-2-6-10-12;8-7(9,10)5-1-3-6(11)4-2-5/h1-10H;1-4H. The summed E-state index contributed by atoms with van der Waals surface area (Å²) in [4.78, 5) is 0. The second-order valence-corrected chi connectivity index (χ2v) is 5.98. The van der Waals surface area contributed by atoms with E-state index >= 15 is 0 Å². The van der Waals surface area contributed by atoms with Crippen LogP contribution in [-0.2, 0) is 6.18 Å². The Morgan fingerprint density at radius 3 is 1.30 bits per heavy atom. The Bertz CT molecular complexity index is 668. The molecule has 23 heavy (non-hydrogen) atoms. The van der Waals surface area contributed by atoms with Gasteiger partial charge in [0.2, 0.25) is 0 Å². The van der Waals surface area contributed by atoms with Gasteiger partial charge in [-0.3, -0.25) is 0 Å². The van der Waals surface area contributed by atoms with E-state index in [1.54, 1.807) is 0 Å². The Morgan fingerprint density at radius 1 is 0.565 bits per heavy atom. The van der Waals surface area contributed by atoms with Crippen LogP contribution in [0.2, 0.25) is 0 Å². The Morgan fingerprint density at radius 2 is 0.957 bits per heavy atom. The summed E-state index contributed by atoms with van der Waals surface area (Å²) in [6.45, 7) is 0. The predicted molar refractivity (Wildman–Crippen MR) is 96.0 cm³/mol. The summed E-state index contributed by atoms with van der Waals surface area (Å²) in [5.41, 5.74) is 1.95. The van der Waals surface area contributed by atoms with Gasteiger partial charge < -0.3 is 0 Å². The SMILES string of the molecule is FC(F)(F)c1ccc(I)cc1.c1ccc(-c2ccccc2)cc1. The molecular formula is C19H14F3I. The van der Waals surface area contributed by atoms with Gasteiger partial charge in [0.05, 0.1) is 5.56 Å². The van der Waals surface area contributed by atoms with Gasteiger partial charge in [0, 0.05) is 3.57 Å². The van der Waals surface area contributed by atoms with Crippen molar-refractivity contribution < 1.29 is 13.2 Å². The summed E-state index contributed by atoms with van der Waals surface area (Å²) in [6, 6.07) is 25.8. The van der Waals surface area contributed by atoms with Crippen molar-refractivity contribution in [2.45, 2.75) is 6.18 Å². The number of rotatable bonds is 1. The van der Waals surface area contributed by atoms with Crippen molar-refractivity contribution >= 4 is 22.6 Å². The highest BCUT2D eigenvalue weighted by molar-refractivity contribution is 14.1. The Kier molecular flexibility index (Phi) is 6.21. The van der Waals surface area contributed by atoms with Crippen LogP contribution in [0.3, 0.4) is 0 Å². The number of benzene rings is 3. The molecule has 0 aliphatic heterocycles. The first kappa shape index (κ1) is 17.5. The van der Waals surface area contributed by atoms with Gasteiger partial charge >= 0.3 is 6.18 Å². The fraction of sp³-hybridized carbons (Fsp3) is 0.0526. The Hall–Kier alpha value is -1.82. The molecule has 0 fully saturated rings. The molecule has 3 rings (SSSR count). The van der Waals surface area contributed by atoms with Crippen molar-refractivity contribution in [1.29, 1.82) is 0 Å². The van der Waals surface area contributed by atoms with Crippen LogP contribution in [0.4, 0.5) is 13.2 Å². The zero-order valence-electron chi connectivity index (χ0n) is 12.1. The third-order valence-corrected chi connectivity index (χ3v) is 3.77. The average molecular weight is 426 g/mol. The van der Waals surface area contributed by atoms with E-state index in [2.05, 4.69) is 48.5 Å². The minimum Gasteiger partial charge on any atom is -0.166 e. The minimum absolute atomic E-state index is 0.599. The van der Waals surface area contributed by atoms with Crippen LogP contribution < -0.4 is 0 Å². The second-order valence-electron chi connectivity index (χ2n) is 4.74. The maximum absolute atomic E-state index is 11.9. The van der Waals surface area contributed by atoms with Crippen LogP contribution in [0.1, 0.15) is 5.56 Å². The highest BCUT2D eigenvalue weighted by atomic mass is 127. The molecule has 3 aromatic rings. The van der Waals surface area contributed by atoms with Gasteiger partial charge in [-0.1, -0.05) is 60.7 Å². The fourth-order valence-corrected chi connectivity index (χ4v) is 2.26. The van der Waals surface area contributed by atoms with Gasteiger partial charge in [-0.15, -0.1) is 0 Å². The molecule has 0 spiro atoms. The van der Waals surface area contributed by atoms with Crippen LogP contribution in [-0.4, -0.2) is 0 Å². The first-order chi connectivity index (χ1) is 11.0. The van der Waals surface area contributed by atoms with Crippen LogP contribution in [0.15, 0.2) is 84.9 Å². The molecule has 0 unspecified atom stereocenters. The molecule has 3 aromatic carbocycles. The molecule has 0 aromatic heterocycles. The Balaban J connectivity index is 0.000000168. The summed E-state index contributed by atoms with van der Waals surface area (Å²) in [6.07, 6.45) is -4.22.